The molecule has 5 rings (SSSR count). The molecule has 3 aromatic rings. The minimum absolute atomic E-state index is 0.345. The summed E-state index contributed by atoms with van der Waals surface area (Å²) in [7, 11) is 0. The smallest absolute Gasteiger partial charge is 0.211 e. The summed E-state index contributed by atoms with van der Waals surface area (Å²) in [5.41, 5.74) is 13.3. The van der Waals surface area contributed by atoms with Gasteiger partial charge in [0.2, 0.25) is 11.1 Å². The minimum Gasteiger partial charge on any atom is -0.374 e. The maximum atomic E-state index is 6.43. The van der Waals surface area contributed by atoms with E-state index in [2.05, 4.69) is 24.5 Å². The first-order valence-corrected chi connectivity index (χ1v) is 10.9. The average molecular weight is 403 g/mol. The molecule has 1 saturated heterocycles. The third kappa shape index (κ3) is 2.95. The molecule has 1 atom stereocenters. The van der Waals surface area contributed by atoms with Crippen LogP contribution in [0.3, 0.4) is 0 Å². The van der Waals surface area contributed by atoms with Crippen LogP contribution in [0, 0.1) is 5.41 Å². The molecule has 4 heterocycles. The second-order valence-electron chi connectivity index (χ2n) is 7.40. The van der Waals surface area contributed by atoms with Gasteiger partial charge >= 0.3 is 0 Å². The second-order valence-corrected chi connectivity index (χ2v) is 9.70. The number of nitrogens with zero attached hydrogens (tertiary/aromatic N) is 6. The molecule has 1 aliphatic carbocycles. The zero-order chi connectivity index (χ0) is 18.4. The molecule has 142 valence electrons. The van der Waals surface area contributed by atoms with E-state index in [9.17, 15) is 0 Å². The van der Waals surface area contributed by atoms with Crippen molar-refractivity contribution in [2.24, 2.45) is 11.1 Å². The predicted octanol–water partition coefficient (Wildman–Crippen LogP) is 2.41. The van der Waals surface area contributed by atoms with Crippen molar-refractivity contribution < 1.29 is 0 Å². The molecule has 4 N–H and O–H groups in total. The van der Waals surface area contributed by atoms with E-state index in [0.29, 0.717) is 16.6 Å². The van der Waals surface area contributed by atoms with E-state index in [0.717, 1.165) is 46.8 Å². The van der Waals surface area contributed by atoms with Crippen LogP contribution in [0.25, 0.3) is 5.65 Å². The van der Waals surface area contributed by atoms with E-state index in [1.807, 2.05) is 18.6 Å². The summed E-state index contributed by atoms with van der Waals surface area (Å²) in [5.74, 6) is 0.949. The van der Waals surface area contributed by atoms with Crippen molar-refractivity contribution in [2.75, 3.05) is 23.7 Å². The van der Waals surface area contributed by atoms with Crippen LogP contribution in [0.1, 0.15) is 32.1 Å². The highest BCUT2D eigenvalue weighted by Gasteiger charge is 2.43. The van der Waals surface area contributed by atoms with Crippen LogP contribution in [0.4, 0.5) is 11.1 Å². The van der Waals surface area contributed by atoms with Gasteiger partial charge < -0.3 is 16.4 Å². The molecule has 0 bridgehead atoms. The highest BCUT2D eigenvalue weighted by molar-refractivity contribution is 8.01. The number of fused-ring (bicyclic) bond motifs is 1. The molecule has 1 spiro atoms. The number of aromatic nitrogens is 5. The van der Waals surface area contributed by atoms with Crippen molar-refractivity contribution in [1.29, 1.82) is 0 Å². The minimum atomic E-state index is 0.345. The van der Waals surface area contributed by atoms with Gasteiger partial charge in [0.1, 0.15) is 0 Å². The monoisotopic (exact) mass is 402 g/mol. The number of hydrogen-bond acceptors (Lipinski definition) is 9. The Morgan fingerprint density at radius 1 is 1.19 bits per heavy atom. The highest BCUT2D eigenvalue weighted by Crippen LogP contribution is 2.46. The molecule has 1 aliphatic heterocycles. The van der Waals surface area contributed by atoms with E-state index in [-0.39, 0.29) is 0 Å². The standard InChI is InChI=1S/C17H22N8S2/c18-12-2-1-3-17(12)4-7-24(8-5-17)15-21-10-11(13-20-6-9-25(13)15)26-16-23-22-14(19)27-16/h6,9-10,12H,1-5,7-8,18H2,(H2,19,22)/t12-/m1/s1. The van der Waals surface area contributed by atoms with Gasteiger partial charge in [-0.1, -0.05) is 29.5 Å². The largest absolute Gasteiger partial charge is 0.374 e. The summed E-state index contributed by atoms with van der Waals surface area (Å²) < 4.78 is 2.86. The van der Waals surface area contributed by atoms with Gasteiger partial charge in [-0.25, -0.2) is 9.97 Å². The molecule has 0 radical (unpaired) electrons. The molecule has 0 amide bonds. The lowest BCUT2D eigenvalue weighted by Crippen LogP contribution is -2.47. The van der Waals surface area contributed by atoms with Crippen LogP contribution < -0.4 is 16.4 Å². The lowest BCUT2D eigenvalue weighted by molar-refractivity contribution is 0.197. The number of hydrogen-bond donors (Lipinski definition) is 2. The predicted molar refractivity (Wildman–Crippen MR) is 107 cm³/mol. The molecule has 8 nitrogen and oxygen atoms in total. The van der Waals surface area contributed by atoms with Gasteiger partial charge in [0.25, 0.3) is 0 Å². The zero-order valence-corrected chi connectivity index (χ0v) is 16.5. The highest BCUT2D eigenvalue weighted by atomic mass is 32.2. The SMILES string of the molecule is Nc1nnc(Sc2cnc(N3CCC4(CCC[C@H]4N)CC3)n3ccnc23)s1. The van der Waals surface area contributed by atoms with Gasteiger partial charge in [-0.2, -0.15) is 0 Å². The topological polar surface area (TPSA) is 111 Å². The Kier molecular flexibility index (Phi) is 4.21. The van der Waals surface area contributed by atoms with Gasteiger partial charge in [0.15, 0.2) is 9.99 Å². The van der Waals surface area contributed by atoms with Crippen LogP contribution in [-0.4, -0.2) is 43.7 Å². The fourth-order valence-electron chi connectivity index (χ4n) is 4.48. The Labute approximate surface area is 165 Å². The fourth-order valence-corrected chi connectivity index (χ4v) is 6.14. The average Bonchev–Trinajstić information content (AvgIpc) is 3.39. The van der Waals surface area contributed by atoms with Crippen LogP contribution in [-0.2, 0) is 0 Å². The molecule has 2 aliphatic rings. The first kappa shape index (κ1) is 17.2. The quantitative estimate of drug-likeness (QED) is 0.687. The third-order valence-corrected chi connectivity index (χ3v) is 7.82. The molecular weight excluding hydrogens is 380 g/mol. The van der Waals surface area contributed by atoms with E-state index in [1.54, 1.807) is 0 Å². The van der Waals surface area contributed by atoms with Crippen molar-refractivity contribution in [3.05, 3.63) is 18.6 Å². The number of imidazole rings is 1. The van der Waals surface area contributed by atoms with Crippen LogP contribution >= 0.6 is 23.1 Å². The molecule has 3 aromatic heterocycles. The summed E-state index contributed by atoms with van der Waals surface area (Å²) in [6.07, 6.45) is 11.7. The van der Waals surface area contributed by atoms with E-state index < -0.39 is 0 Å². The Bertz CT molecular complexity index is 959. The lowest BCUT2D eigenvalue weighted by atomic mass is 9.74. The summed E-state index contributed by atoms with van der Waals surface area (Å²) >= 11 is 2.87. The Balaban J connectivity index is 1.40. The van der Waals surface area contributed by atoms with Crippen molar-refractivity contribution >= 4 is 39.8 Å². The summed E-state index contributed by atoms with van der Waals surface area (Å²) in [5, 5.41) is 8.42. The van der Waals surface area contributed by atoms with Crippen molar-refractivity contribution in [3.8, 4) is 0 Å². The molecule has 10 heteroatoms. The van der Waals surface area contributed by atoms with Gasteiger partial charge in [-0.05, 0) is 31.1 Å². The molecular formula is C17H22N8S2. The zero-order valence-electron chi connectivity index (χ0n) is 14.9. The first-order chi connectivity index (χ1) is 13.1. The van der Waals surface area contributed by atoms with Gasteiger partial charge in [-0.15, -0.1) is 10.2 Å². The number of rotatable bonds is 3. The van der Waals surface area contributed by atoms with E-state index in [1.165, 1.54) is 42.4 Å². The number of piperidine rings is 1. The second kappa shape index (κ2) is 6.61. The van der Waals surface area contributed by atoms with Crippen molar-refractivity contribution in [2.45, 2.75) is 47.4 Å². The number of anilines is 2. The Morgan fingerprint density at radius 3 is 2.74 bits per heavy atom. The van der Waals surface area contributed by atoms with Crippen LogP contribution in [0.2, 0.25) is 0 Å². The van der Waals surface area contributed by atoms with Crippen molar-refractivity contribution in [1.82, 2.24) is 24.6 Å². The third-order valence-electron chi connectivity index (χ3n) is 6.01. The van der Waals surface area contributed by atoms with E-state index >= 15 is 0 Å². The summed E-state index contributed by atoms with van der Waals surface area (Å²) in [6.45, 7) is 1.99. The maximum absolute atomic E-state index is 6.43. The molecule has 2 fully saturated rings. The number of nitrogen functional groups attached to an aromatic ring is 1. The van der Waals surface area contributed by atoms with Crippen LogP contribution in [0.5, 0.6) is 0 Å². The van der Waals surface area contributed by atoms with Gasteiger partial charge in [0.05, 0.1) is 4.90 Å². The van der Waals surface area contributed by atoms with Gasteiger partial charge in [-0.3, -0.25) is 4.40 Å². The fraction of sp³-hybridized carbons (Fsp3) is 0.529. The maximum Gasteiger partial charge on any atom is 0.211 e. The molecule has 1 saturated carbocycles. The summed E-state index contributed by atoms with van der Waals surface area (Å²) in [4.78, 5) is 12.6. The number of nitrogens with two attached hydrogens (primary N) is 2. The van der Waals surface area contributed by atoms with Crippen molar-refractivity contribution in [3.63, 3.8) is 0 Å². The summed E-state index contributed by atoms with van der Waals surface area (Å²) in [6, 6.07) is 0.360. The molecule has 0 aromatic carbocycles. The molecule has 0 unspecified atom stereocenters. The Morgan fingerprint density at radius 2 is 2.04 bits per heavy atom. The normalized spacial score (nSPS) is 22.1. The Hall–Kier alpha value is -1.91. The molecule has 27 heavy (non-hydrogen) atoms. The van der Waals surface area contributed by atoms with E-state index in [4.69, 9.17) is 16.5 Å². The lowest BCUT2D eigenvalue weighted by Gasteiger charge is -2.42. The van der Waals surface area contributed by atoms with Gasteiger partial charge in [0, 0.05) is 37.7 Å². The first-order valence-electron chi connectivity index (χ1n) is 9.24. The van der Waals surface area contributed by atoms with Crippen LogP contribution in [0.15, 0.2) is 27.8 Å².